The van der Waals surface area contributed by atoms with Crippen LogP contribution in [0.15, 0.2) is 48.5 Å². The number of phenolic OH excluding ortho intramolecular Hbond substituents is 1. The van der Waals surface area contributed by atoms with Crippen LogP contribution in [0.4, 0.5) is 0 Å². The van der Waals surface area contributed by atoms with Crippen molar-refractivity contribution >= 4 is 12.4 Å². The maximum atomic E-state index is 10.2. The van der Waals surface area contributed by atoms with Crippen molar-refractivity contribution in [3.63, 3.8) is 0 Å². The minimum Gasteiger partial charge on any atom is -0.504 e. The van der Waals surface area contributed by atoms with E-state index in [-0.39, 0.29) is 18.2 Å². The van der Waals surface area contributed by atoms with E-state index in [0.29, 0.717) is 17.7 Å². The van der Waals surface area contributed by atoms with Crippen LogP contribution in [0, 0.1) is 0 Å². The molecule has 2 rings (SSSR count). The number of aliphatic hydroxyl groups is 1. The first-order valence-electron chi connectivity index (χ1n) is 6.46. The normalized spacial score (nSPS) is 13.1. The zero-order valence-corrected chi connectivity index (χ0v) is 12.6. The standard InChI is InChI=1S/C16H19NO3.ClH/c1-20-15-8-7-12(10-13(15)18)16(17)14(19)9-11-5-3-2-4-6-11;/h2-8,10,14,16,18-19H,9,17H2,1H3;1H/t14-,16+;/m0./s1. The van der Waals surface area contributed by atoms with Crippen molar-refractivity contribution in [2.45, 2.75) is 18.6 Å². The molecule has 0 bridgehead atoms. The highest BCUT2D eigenvalue weighted by Crippen LogP contribution is 2.29. The van der Waals surface area contributed by atoms with Crippen molar-refractivity contribution in [2.24, 2.45) is 5.73 Å². The molecule has 4 nitrogen and oxygen atoms in total. The smallest absolute Gasteiger partial charge is 0.160 e. The fourth-order valence-corrected chi connectivity index (χ4v) is 2.12. The monoisotopic (exact) mass is 309 g/mol. The molecule has 0 amide bonds. The van der Waals surface area contributed by atoms with Crippen molar-refractivity contribution in [3.05, 3.63) is 59.7 Å². The topological polar surface area (TPSA) is 75.7 Å². The maximum absolute atomic E-state index is 10.2. The van der Waals surface area contributed by atoms with Crippen LogP contribution in [-0.4, -0.2) is 23.4 Å². The summed E-state index contributed by atoms with van der Waals surface area (Å²) in [7, 11) is 1.49. The number of aromatic hydroxyl groups is 1. The lowest BCUT2D eigenvalue weighted by Gasteiger charge is -2.20. The zero-order valence-electron chi connectivity index (χ0n) is 11.8. The van der Waals surface area contributed by atoms with Gasteiger partial charge in [0, 0.05) is 6.42 Å². The number of hydrogen-bond donors (Lipinski definition) is 3. The van der Waals surface area contributed by atoms with E-state index in [2.05, 4.69) is 0 Å². The number of ether oxygens (including phenoxy) is 1. The molecular formula is C16H20ClNO3. The molecule has 2 atom stereocenters. The second kappa shape index (κ2) is 7.88. The second-order valence-electron chi connectivity index (χ2n) is 4.71. The number of phenols is 1. The summed E-state index contributed by atoms with van der Waals surface area (Å²) in [5.41, 5.74) is 7.74. The van der Waals surface area contributed by atoms with Gasteiger partial charge in [-0.3, -0.25) is 0 Å². The highest BCUT2D eigenvalue weighted by Gasteiger charge is 2.18. The van der Waals surface area contributed by atoms with E-state index in [1.807, 2.05) is 30.3 Å². The Kier molecular flexibility index (Phi) is 6.49. The summed E-state index contributed by atoms with van der Waals surface area (Å²) < 4.78 is 4.98. The van der Waals surface area contributed by atoms with Gasteiger partial charge in [0.1, 0.15) is 0 Å². The van der Waals surface area contributed by atoms with Crippen LogP contribution in [0.1, 0.15) is 17.2 Å². The number of rotatable bonds is 5. The molecule has 0 saturated heterocycles. The fraction of sp³-hybridized carbons (Fsp3) is 0.250. The molecule has 0 aliphatic rings. The van der Waals surface area contributed by atoms with E-state index in [0.717, 1.165) is 5.56 Å². The average Bonchev–Trinajstić information content (AvgIpc) is 2.47. The molecule has 114 valence electrons. The molecular weight excluding hydrogens is 290 g/mol. The molecule has 2 aromatic rings. The summed E-state index contributed by atoms with van der Waals surface area (Å²) in [6.45, 7) is 0. The van der Waals surface area contributed by atoms with Gasteiger partial charge >= 0.3 is 0 Å². The lowest BCUT2D eigenvalue weighted by atomic mass is 9.96. The third kappa shape index (κ3) is 4.36. The molecule has 0 aromatic heterocycles. The Morgan fingerprint density at radius 3 is 2.38 bits per heavy atom. The van der Waals surface area contributed by atoms with Gasteiger partial charge in [-0.05, 0) is 23.3 Å². The summed E-state index contributed by atoms with van der Waals surface area (Å²) in [4.78, 5) is 0. The Morgan fingerprint density at radius 2 is 1.81 bits per heavy atom. The SMILES string of the molecule is COc1ccc([C@@H](N)[C@@H](O)Cc2ccccc2)cc1O.Cl. The lowest BCUT2D eigenvalue weighted by molar-refractivity contribution is 0.145. The van der Waals surface area contributed by atoms with Crippen LogP contribution >= 0.6 is 12.4 Å². The molecule has 4 N–H and O–H groups in total. The Balaban J connectivity index is 0.00000220. The van der Waals surface area contributed by atoms with E-state index in [9.17, 15) is 10.2 Å². The molecule has 0 aliphatic carbocycles. The first-order valence-corrected chi connectivity index (χ1v) is 6.46. The van der Waals surface area contributed by atoms with Crippen molar-refractivity contribution in [1.29, 1.82) is 0 Å². The predicted octanol–water partition coefficient (Wildman–Crippen LogP) is 2.43. The van der Waals surface area contributed by atoms with Crippen LogP contribution < -0.4 is 10.5 Å². The number of benzene rings is 2. The minimum atomic E-state index is -0.717. The van der Waals surface area contributed by atoms with Gasteiger partial charge in [-0.2, -0.15) is 0 Å². The maximum Gasteiger partial charge on any atom is 0.160 e. The third-order valence-corrected chi connectivity index (χ3v) is 3.29. The van der Waals surface area contributed by atoms with Crippen LogP contribution in [0.2, 0.25) is 0 Å². The summed E-state index contributed by atoms with van der Waals surface area (Å²) in [6, 6.07) is 14.0. The molecule has 0 unspecified atom stereocenters. The van der Waals surface area contributed by atoms with E-state index in [1.54, 1.807) is 12.1 Å². The number of nitrogens with two attached hydrogens (primary N) is 1. The van der Waals surface area contributed by atoms with Gasteiger partial charge in [-0.25, -0.2) is 0 Å². The molecule has 0 spiro atoms. The summed E-state index contributed by atoms with van der Waals surface area (Å²) in [6.07, 6.45) is -0.250. The first-order chi connectivity index (χ1) is 9.61. The average molecular weight is 310 g/mol. The third-order valence-electron chi connectivity index (χ3n) is 3.29. The highest BCUT2D eigenvalue weighted by atomic mass is 35.5. The lowest BCUT2D eigenvalue weighted by Crippen LogP contribution is -2.28. The van der Waals surface area contributed by atoms with E-state index >= 15 is 0 Å². The number of hydrogen-bond acceptors (Lipinski definition) is 4. The van der Waals surface area contributed by atoms with Crippen LogP contribution in [0.25, 0.3) is 0 Å². The summed E-state index contributed by atoms with van der Waals surface area (Å²) >= 11 is 0. The van der Waals surface area contributed by atoms with Crippen molar-refractivity contribution in [3.8, 4) is 11.5 Å². The van der Waals surface area contributed by atoms with Crippen LogP contribution in [-0.2, 0) is 6.42 Å². The minimum absolute atomic E-state index is 0. The largest absolute Gasteiger partial charge is 0.504 e. The fourth-order valence-electron chi connectivity index (χ4n) is 2.12. The van der Waals surface area contributed by atoms with E-state index < -0.39 is 12.1 Å². The summed E-state index contributed by atoms with van der Waals surface area (Å²) in [5, 5.41) is 20.0. The number of aliphatic hydroxyl groups excluding tert-OH is 1. The van der Waals surface area contributed by atoms with Gasteiger partial charge in [0.2, 0.25) is 0 Å². The van der Waals surface area contributed by atoms with Gasteiger partial charge in [-0.1, -0.05) is 36.4 Å². The Hall–Kier alpha value is -1.75. The molecule has 0 saturated carbocycles. The van der Waals surface area contributed by atoms with E-state index in [1.165, 1.54) is 13.2 Å². The van der Waals surface area contributed by atoms with Gasteiger partial charge < -0.3 is 20.7 Å². The van der Waals surface area contributed by atoms with Crippen molar-refractivity contribution < 1.29 is 14.9 Å². The zero-order chi connectivity index (χ0) is 14.5. The molecule has 0 radical (unpaired) electrons. The van der Waals surface area contributed by atoms with E-state index in [4.69, 9.17) is 10.5 Å². The van der Waals surface area contributed by atoms with Crippen LogP contribution in [0.3, 0.4) is 0 Å². The Bertz CT molecular complexity index is 563. The molecule has 0 aliphatic heterocycles. The number of halogens is 1. The quantitative estimate of drug-likeness (QED) is 0.793. The Morgan fingerprint density at radius 1 is 1.14 bits per heavy atom. The Labute approximate surface area is 130 Å². The van der Waals surface area contributed by atoms with Gasteiger partial charge in [0.15, 0.2) is 11.5 Å². The predicted molar refractivity (Wildman–Crippen MR) is 85.0 cm³/mol. The van der Waals surface area contributed by atoms with Gasteiger partial charge in [0.05, 0.1) is 19.3 Å². The van der Waals surface area contributed by atoms with Gasteiger partial charge in [-0.15, -0.1) is 12.4 Å². The van der Waals surface area contributed by atoms with Crippen molar-refractivity contribution in [2.75, 3.05) is 7.11 Å². The second-order valence-corrected chi connectivity index (χ2v) is 4.71. The molecule has 0 fully saturated rings. The molecule has 2 aromatic carbocycles. The highest BCUT2D eigenvalue weighted by molar-refractivity contribution is 5.85. The van der Waals surface area contributed by atoms with Crippen LogP contribution in [0.5, 0.6) is 11.5 Å². The summed E-state index contributed by atoms with van der Waals surface area (Å²) in [5.74, 6) is 0.408. The van der Waals surface area contributed by atoms with Gasteiger partial charge in [0.25, 0.3) is 0 Å². The van der Waals surface area contributed by atoms with Crippen molar-refractivity contribution in [1.82, 2.24) is 0 Å². The number of methoxy groups -OCH3 is 1. The molecule has 0 heterocycles. The molecule has 21 heavy (non-hydrogen) atoms. The first kappa shape index (κ1) is 17.3. The molecule has 5 heteroatoms.